The van der Waals surface area contributed by atoms with Crippen molar-refractivity contribution in [2.24, 2.45) is 0 Å². The summed E-state index contributed by atoms with van der Waals surface area (Å²) < 4.78 is 0. The minimum atomic E-state index is -0.950. The van der Waals surface area contributed by atoms with Gasteiger partial charge in [0.15, 0.2) is 0 Å². The summed E-state index contributed by atoms with van der Waals surface area (Å²) in [5.41, 5.74) is 2.72. The Morgan fingerprint density at radius 3 is 2.26 bits per heavy atom. The molecule has 2 aromatic carbocycles. The lowest BCUT2D eigenvalue weighted by Crippen LogP contribution is -2.31. The van der Waals surface area contributed by atoms with Crippen molar-refractivity contribution in [2.45, 2.75) is 25.3 Å². The van der Waals surface area contributed by atoms with E-state index in [1.807, 2.05) is 56.6 Å². The number of rotatable bonds is 7. The van der Waals surface area contributed by atoms with Gasteiger partial charge in [0.25, 0.3) is 0 Å². The molecule has 0 fully saturated rings. The number of carboxylic acids is 1. The van der Waals surface area contributed by atoms with Gasteiger partial charge in [-0.15, -0.1) is 12.4 Å². The second kappa shape index (κ2) is 10.7. The molecule has 2 atom stereocenters. The van der Waals surface area contributed by atoms with Gasteiger partial charge in [-0.25, -0.2) is 4.79 Å². The molecule has 0 aliphatic heterocycles. The first-order chi connectivity index (χ1) is 12.3. The lowest BCUT2D eigenvalue weighted by atomic mass is 9.84. The Hall–Kier alpha value is -1.52. The fourth-order valence-electron chi connectivity index (χ4n) is 2.97. The molecule has 0 aliphatic rings. The van der Waals surface area contributed by atoms with Gasteiger partial charge in [0.05, 0.1) is 10.0 Å². The molecule has 0 aromatic heterocycles. The van der Waals surface area contributed by atoms with Gasteiger partial charge in [-0.3, -0.25) is 0 Å². The third kappa shape index (κ3) is 6.54. The van der Waals surface area contributed by atoms with Crippen molar-refractivity contribution in [3.8, 4) is 0 Å². The highest BCUT2D eigenvalue weighted by Crippen LogP contribution is 2.35. The number of nitrogens with zero attached hydrogens (tertiary/aromatic N) is 1. The highest BCUT2D eigenvalue weighted by atomic mass is 35.5. The molecule has 0 heterocycles. The van der Waals surface area contributed by atoms with E-state index in [9.17, 15) is 9.90 Å². The van der Waals surface area contributed by atoms with Crippen LogP contribution in [0.15, 0.2) is 54.6 Å². The zero-order chi connectivity index (χ0) is 19.3. The van der Waals surface area contributed by atoms with Crippen molar-refractivity contribution in [1.29, 1.82) is 0 Å². The Labute approximate surface area is 177 Å². The van der Waals surface area contributed by atoms with Crippen molar-refractivity contribution in [3.63, 3.8) is 0 Å². The van der Waals surface area contributed by atoms with Gasteiger partial charge in [-0.05, 0) is 56.3 Å². The number of hydrogen-bond acceptors (Lipinski definition) is 2. The molecule has 0 radical (unpaired) electrons. The molecule has 146 valence electrons. The Kier molecular flexibility index (Phi) is 9.34. The quantitative estimate of drug-likeness (QED) is 0.549. The minimum Gasteiger partial charge on any atom is -0.478 e. The number of halogens is 3. The summed E-state index contributed by atoms with van der Waals surface area (Å²) in [5.74, 6) is -0.889. The SMILES string of the molecule is CC(C(CC(=CC(=O)O)c1ccccc1)c1ccc(Cl)c(Cl)c1)N(C)C.Cl. The molecule has 1 N–H and O–H groups in total. The van der Waals surface area contributed by atoms with Crippen LogP contribution in [0.2, 0.25) is 10.0 Å². The van der Waals surface area contributed by atoms with Gasteiger partial charge in [-0.2, -0.15) is 0 Å². The summed E-state index contributed by atoms with van der Waals surface area (Å²) in [6.45, 7) is 2.12. The van der Waals surface area contributed by atoms with E-state index in [2.05, 4.69) is 11.8 Å². The zero-order valence-corrected chi connectivity index (χ0v) is 17.9. The third-order valence-electron chi connectivity index (χ3n) is 4.65. The van der Waals surface area contributed by atoms with Crippen LogP contribution in [0.1, 0.15) is 30.4 Å². The summed E-state index contributed by atoms with van der Waals surface area (Å²) in [6.07, 6.45) is 1.87. The first-order valence-electron chi connectivity index (χ1n) is 8.40. The van der Waals surface area contributed by atoms with Gasteiger partial charge in [0.1, 0.15) is 0 Å². The van der Waals surface area contributed by atoms with E-state index >= 15 is 0 Å². The second-order valence-electron chi connectivity index (χ2n) is 6.56. The van der Waals surface area contributed by atoms with Crippen LogP contribution in [0.4, 0.5) is 0 Å². The summed E-state index contributed by atoms with van der Waals surface area (Å²) in [4.78, 5) is 13.5. The Balaban J connectivity index is 0.00000364. The van der Waals surface area contributed by atoms with Crippen LogP contribution in [0.25, 0.3) is 5.57 Å². The standard InChI is InChI=1S/C21H23Cl2NO2.ClH/c1-14(24(2)3)18(16-9-10-19(22)20(23)12-16)11-17(13-21(25)26)15-7-5-4-6-8-15;/h4-10,12-14,18H,11H2,1-3H3,(H,25,26);1H. The Morgan fingerprint density at radius 1 is 1.11 bits per heavy atom. The lowest BCUT2D eigenvalue weighted by Gasteiger charge is -2.31. The molecular weight excluding hydrogens is 405 g/mol. The van der Waals surface area contributed by atoms with Crippen LogP contribution in [-0.4, -0.2) is 36.1 Å². The second-order valence-corrected chi connectivity index (χ2v) is 7.38. The number of allylic oxidation sites excluding steroid dienone is 1. The highest BCUT2D eigenvalue weighted by Gasteiger charge is 2.24. The monoisotopic (exact) mass is 427 g/mol. The maximum atomic E-state index is 11.4. The number of aliphatic carboxylic acids is 1. The molecule has 2 unspecified atom stereocenters. The Bertz CT molecular complexity index is 791. The van der Waals surface area contributed by atoms with Crippen LogP contribution in [0, 0.1) is 0 Å². The van der Waals surface area contributed by atoms with E-state index in [4.69, 9.17) is 23.2 Å². The van der Waals surface area contributed by atoms with E-state index in [1.165, 1.54) is 6.08 Å². The molecule has 0 aliphatic carbocycles. The maximum Gasteiger partial charge on any atom is 0.328 e. The number of benzene rings is 2. The average molecular weight is 429 g/mol. The molecule has 0 saturated heterocycles. The molecule has 6 heteroatoms. The highest BCUT2D eigenvalue weighted by molar-refractivity contribution is 6.42. The number of carbonyl (C=O) groups is 1. The fraction of sp³-hybridized carbons (Fsp3) is 0.286. The van der Waals surface area contributed by atoms with Gasteiger partial charge in [-0.1, -0.05) is 59.6 Å². The fourth-order valence-corrected chi connectivity index (χ4v) is 3.27. The lowest BCUT2D eigenvalue weighted by molar-refractivity contribution is -0.131. The first-order valence-corrected chi connectivity index (χ1v) is 9.15. The average Bonchev–Trinajstić information content (AvgIpc) is 2.61. The summed E-state index contributed by atoms with van der Waals surface area (Å²) in [6, 6.07) is 15.4. The number of hydrogen-bond donors (Lipinski definition) is 1. The summed E-state index contributed by atoms with van der Waals surface area (Å²) in [7, 11) is 4.02. The summed E-state index contributed by atoms with van der Waals surface area (Å²) in [5, 5.41) is 10.3. The topological polar surface area (TPSA) is 40.5 Å². The van der Waals surface area contributed by atoms with Crippen LogP contribution < -0.4 is 0 Å². The molecule has 27 heavy (non-hydrogen) atoms. The van der Waals surface area contributed by atoms with Crippen molar-refractivity contribution >= 4 is 47.2 Å². The van der Waals surface area contributed by atoms with Crippen molar-refractivity contribution in [1.82, 2.24) is 4.90 Å². The molecule has 3 nitrogen and oxygen atoms in total. The predicted molar refractivity (Wildman–Crippen MR) is 116 cm³/mol. The van der Waals surface area contributed by atoms with E-state index in [1.54, 1.807) is 6.07 Å². The van der Waals surface area contributed by atoms with Crippen LogP contribution in [0.3, 0.4) is 0 Å². The first kappa shape index (κ1) is 23.5. The molecule has 0 saturated carbocycles. The van der Waals surface area contributed by atoms with Crippen LogP contribution in [0.5, 0.6) is 0 Å². The number of carboxylic acid groups (broad SMARTS) is 1. The van der Waals surface area contributed by atoms with Crippen molar-refractivity contribution < 1.29 is 9.90 Å². The molecule has 0 amide bonds. The molecular formula is C21H24Cl3NO2. The zero-order valence-electron chi connectivity index (χ0n) is 15.5. The van der Waals surface area contributed by atoms with E-state index in [0.717, 1.165) is 16.7 Å². The van der Waals surface area contributed by atoms with Gasteiger partial charge < -0.3 is 10.0 Å². The van der Waals surface area contributed by atoms with Crippen LogP contribution in [-0.2, 0) is 4.79 Å². The van der Waals surface area contributed by atoms with E-state index in [-0.39, 0.29) is 24.4 Å². The Morgan fingerprint density at radius 2 is 1.74 bits per heavy atom. The van der Waals surface area contributed by atoms with Crippen molar-refractivity contribution in [2.75, 3.05) is 14.1 Å². The van der Waals surface area contributed by atoms with E-state index in [0.29, 0.717) is 16.5 Å². The van der Waals surface area contributed by atoms with Crippen molar-refractivity contribution in [3.05, 3.63) is 75.8 Å². The predicted octanol–water partition coefficient (Wildman–Crippen LogP) is 6.01. The number of likely N-dealkylation sites (N-methyl/N-ethyl adjacent to an activating group) is 1. The van der Waals surface area contributed by atoms with Crippen LogP contribution >= 0.6 is 35.6 Å². The van der Waals surface area contributed by atoms with Gasteiger partial charge in [0.2, 0.25) is 0 Å². The third-order valence-corrected chi connectivity index (χ3v) is 5.39. The smallest absolute Gasteiger partial charge is 0.328 e. The molecule has 2 aromatic rings. The minimum absolute atomic E-state index is 0. The van der Waals surface area contributed by atoms with Gasteiger partial charge in [0, 0.05) is 18.0 Å². The summed E-state index contributed by atoms with van der Waals surface area (Å²) >= 11 is 12.3. The maximum absolute atomic E-state index is 11.4. The largest absolute Gasteiger partial charge is 0.478 e. The van der Waals surface area contributed by atoms with E-state index < -0.39 is 5.97 Å². The molecule has 0 spiro atoms. The normalized spacial score (nSPS) is 13.8. The molecule has 0 bridgehead atoms. The van der Waals surface area contributed by atoms with Gasteiger partial charge >= 0.3 is 5.97 Å². The molecule has 2 rings (SSSR count).